The summed E-state index contributed by atoms with van der Waals surface area (Å²) in [7, 11) is 0. The summed E-state index contributed by atoms with van der Waals surface area (Å²) in [6, 6.07) is 27.0. The molecule has 1 unspecified atom stereocenters. The molecule has 0 spiro atoms. The molecule has 0 fully saturated rings. The fraction of sp³-hybridized carbons (Fsp3) is 0.0870. The summed E-state index contributed by atoms with van der Waals surface area (Å²) >= 11 is 0. The van der Waals surface area contributed by atoms with Crippen molar-refractivity contribution >= 4 is 17.7 Å². The minimum atomic E-state index is -1.58. The second-order valence-electron chi connectivity index (χ2n) is 6.43. The Labute approximate surface area is 162 Å². The molecule has 1 aliphatic heterocycles. The number of carbonyl (C=O) groups is 2. The summed E-state index contributed by atoms with van der Waals surface area (Å²) in [5.74, 6) is -0.625. The molecule has 0 saturated heterocycles. The van der Waals surface area contributed by atoms with Crippen molar-refractivity contribution in [2.45, 2.75) is 12.0 Å². The molecule has 1 aliphatic rings. The number of benzene rings is 3. The van der Waals surface area contributed by atoms with Gasteiger partial charge in [-0.2, -0.15) is 5.26 Å². The zero-order chi connectivity index (χ0) is 19.6. The van der Waals surface area contributed by atoms with Crippen molar-refractivity contribution in [3.05, 3.63) is 102 Å². The fourth-order valence-corrected chi connectivity index (χ4v) is 3.48. The van der Waals surface area contributed by atoms with E-state index in [-0.39, 0.29) is 6.61 Å². The van der Waals surface area contributed by atoms with Gasteiger partial charge in [-0.15, -0.1) is 0 Å². The van der Waals surface area contributed by atoms with Crippen LogP contribution < -0.4 is 4.90 Å². The van der Waals surface area contributed by atoms with Gasteiger partial charge in [-0.3, -0.25) is 4.79 Å². The molecule has 4 rings (SSSR count). The van der Waals surface area contributed by atoms with Gasteiger partial charge in [0.2, 0.25) is 0 Å². The number of imide groups is 1. The first-order valence-corrected chi connectivity index (χ1v) is 8.80. The number of para-hydroxylation sites is 1. The predicted octanol–water partition coefficient (Wildman–Crippen LogP) is 4.18. The van der Waals surface area contributed by atoms with E-state index in [1.165, 1.54) is 0 Å². The van der Waals surface area contributed by atoms with Gasteiger partial charge >= 0.3 is 6.09 Å². The molecule has 5 nitrogen and oxygen atoms in total. The zero-order valence-electron chi connectivity index (χ0n) is 14.9. The van der Waals surface area contributed by atoms with Gasteiger partial charge in [-0.25, -0.2) is 9.69 Å². The molecule has 0 N–H and O–H groups in total. The molecule has 5 heteroatoms. The van der Waals surface area contributed by atoms with Gasteiger partial charge < -0.3 is 4.74 Å². The molecule has 3 aromatic carbocycles. The van der Waals surface area contributed by atoms with E-state index in [1.54, 1.807) is 48.5 Å². The van der Waals surface area contributed by atoms with Crippen LogP contribution in [0.4, 0.5) is 10.5 Å². The minimum absolute atomic E-state index is 0.0382. The van der Waals surface area contributed by atoms with Gasteiger partial charge in [-0.05, 0) is 17.2 Å². The van der Waals surface area contributed by atoms with Gasteiger partial charge in [0, 0.05) is 5.56 Å². The minimum Gasteiger partial charge on any atom is -0.444 e. The number of carbonyl (C=O) groups excluding carboxylic acids is 2. The predicted molar refractivity (Wildman–Crippen MR) is 103 cm³/mol. The van der Waals surface area contributed by atoms with Crippen LogP contribution in [-0.2, 0) is 21.6 Å². The Balaban J connectivity index is 1.73. The third kappa shape index (κ3) is 2.63. The van der Waals surface area contributed by atoms with E-state index in [2.05, 4.69) is 6.07 Å². The zero-order valence-corrected chi connectivity index (χ0v) is 14.9. The molecule has 0 saturated carbocycles. The molecule has 0 aliphatic carbocycles. The standard InChI is InChI=1S/C23H16N2O3/c24-16-23(18-11-5-2-6-12-18)19-13-7-8-14-20(19)25(21(23)26)22(27)28-15-17-9-3-1-4-10-17/h1-14H,15H2. The summed E-state index contributed by atoms with van der Waals surface area (Å²) < 4.78 is 5.37. The highest BCUT2D eigenvalue weighted by Gasteiger charge is 2.55. The summed E-state index contributed by atoms with van der Waals surface area (Å²) in [4.78, 5) is 27.1. The maximum Gasteiger partial charge on any atom is 0.421 e. The average Bonchev–Trinajstić information content (AvgIpc) is 3.02. The van der Waals surface area contributed by atoms with Crippen LogP contribution in [-0.4, -0.2) is 12.0 Å². The van der Waals surface area contributed by atoms with Gasteiger partial charge in [0.25, 0.3) is 5.91 Å². The number of amides is 2. The second-order valence-corrected chi connectivity index (χ2v) is 6.43. The first-order chi connectivity index (χ1) is 13.7. The molecule has 3 aromatic rings. The van der Waals surface area contributed by atoms with E-state index < -0.39 is 17.4 Å². The Bertz CT molecular complexity index is 1070. The highest BCUT2D eigenvalue weighted by Crippen LogP contribution is 2.46. The normalized spacial score (nSPS) is 17.7. The number of hydrogen-bond acceptors (Lipinski definition) is 4. The first-order valence-electron chi connectivity index (χ1n) is 8.80. The summed E-state index contributed by atoms with van der Waals surface area (Å²) in [6.45, 7) is 0.0382. The van der Waals surface area contributed by atoms with Crippen LogP contribution in [0.15, 0.2) is 84.9 Å². The number of hydrogen-bond donors (Lipinski definition) is 0. The molecule has 1 heterocycles. The average molecular weight is 368 g/mol. The molecule has 0 bridgehead atoms. The van der Waals surface area contributed by atoms with Crippen molar-refractivity contribution in [3.63, 3.8) is 0 Å². The SMILES string of the molecule is N#CC1(c2ccccc2)C(=O)N(C(=O)OCc2ccccc2)c2ccccc21. The van der Waals surface area contributed by atoms with Crippen LogP contribution in [0.3, 0.4) is 0 Å². The smallest absolute Gasteiger partial charge is 0.421 e. The molecule has 1 atom stereocenters. The van der Waals surface area contributed by atoms with E-state index in [9.17, 15) is 14.9 Å². The lowest BCUT2D eigenvalue weighted by atomic mass is 9.77. The Morgan fingerprint density at radius 2 is 1.54 bits per heavy atom. The van der Waals surface area contributed by atoms with Crippen molar-refractivity contribution < 1.29 is 14.3 Å². The van der Waals surface area contributed by atoms with Crippen molar-refractivity contribution in [3.8, 4) is 6.07 Å². The highest BCUT2D eigenvalue weighted by atomic mass is 16.6. The quantitative estimate of drug-likeness (QED) is 0.695. The number of ether oxygens (including phenoxy) is 1. The topological polar surface area (TPSA) is 70.4 Å². The van der Waals surface area contributed by atoms with Crippen LogP contribution in [0.1, 0.15) is 16.7 Å². The van der Waals surface area contributed by atoms with Crippen LogP contribution in [0.25, 0.3) is 0 Å². The van der Waals surface area contributed by atoms with Gasteiger partial charge in [0.1, 0.15) is 6.61 Å². The third-order valence-electron chi connectivity index (χ3n) is 4.84. The van der Waals surface area contributed by atoms with Crippen molar-refractivity contribution in [1.82, 2.24) is 0 Å². The van der Waals surface area contributed by atoms with E-state index in [0.29, 0.717) is 16.8 Å². The number of nitrogens with zero attached hydrogens (tertiary/aromatic N) is 2. The van der Waals surface area contributed by atoms with E-state index in [4.69, 9.17) is 4.74 Å². The Morgan fingerprint density at radius 3 is 2.21 bits per heavy atom. The lowest BCUT2D eigenvalue weighted by Gasteiger charge is -2.21. The first kappa shape index (κ1) is 17.5. The highest BCUT2D eigenvalue weighted by molar-refractivity contribution is 6.23. The Hall–Kier alpha value is -3.91. The maximum atomic E-state index is 13.4. The van der Waals surface area contributed by atoms with Gasteiger partial charge in [-0.1, -0.05) is 78.9 Å². The lowest BCUT2D eigenvalue weighted by Crippen LogP contribution is -2.43. The monoisotopic (exact) mass is 368 g/mol. The molecule has 28 heavy (non-hydrogen) atoms. The number of anilines is 1. The van der Waals surface area contributed by atoms with Crippen molar-refractivity contribution in [2.24, 2.45) is 0 Å². The van der Waals surface area contributed by atoms with Gasteiger partial charge in [0.15, 0.2) is 5.41 Å². The number of nitriles is 1. The maximum absolute atomic E-state index is 13.4. The van der Waals surface area contributed by atoms with Crippen LogP contribution in [0.2, 0.25) is 0 Å². The van der Waals surface area contributed by atoms with E-state index >= 15 is 0 Å². The lowest BCUT2D eigenvalue weighted by molar-refractivity contribution is -0.119. The van der Waals surface area contributed by atoms with Crippen LogP contribution in [0, 0.1) is 11.3 Å². The van der Waals surface area contributed by atoms with Gasteiger partial charge in [0.05, 0.1) is 11.8 Å². The third-order valence-corrected chi connectivity index (χ3v) is 4.84. The molecule has 0 radical (unpaired) electrons. The molecular weight excluding hydrogens is 352 g/mol. The van der Waals surface area contributed by atoms with Crippen molar-refractivity contribution in [1.29, 1.82) is 5.26 Å². The fourth-order valence-electron chi connectivity index (χ4n) is 3.48. The second kappa shape index (κ2) is 7.01. The van der Waals surface area contributed by atoms with E-state index in [1.807, 2.05) is 36.4 Å². The summed E-state index contributed by atoms with van der Waals surface area (Å²) in [5.41, 5.74) is 0.601. The number of rotatable bonds is 3. The van der Waals surface area contributed by atoms with Crippen LogP contribution in [0.5, 0.6) is 0 Å². The largest absolute Gasteiger partial charge is 0.444 e. The molecular formula is C23H16N2O3. The summed E-state index contributed by atoms with van der Waals surface area (Å²) in [6.07, 6.45) is -0.797. The van der Waals surface area contributed by atoms with Crippen LogP contribution >= 0.6 is 0 Å². The molecule has 136 valence electrons. The summed E-state index contributed by atoms with van der Waals surface area (Å²) in [5, 5.41) is 10.0. The van der Waals surface area contributed by atoms with Crippen molar-refractivity contribution in [2.75, 3.05) is 4.90 Å². The Kier molecular flexibility index (Phi) is 4.38. The van der Waals surface area contributed by atoms with E-state index in [0.717, 1.165) is 10.5 Å². The molecule has 2 amide bonds. The Morgan fingerprint density at radius 1 is 0.929 bits per heavy atom. The number of fused-ring (bicyclic) bond motifs is 1. The molecule has 0 aromatic heterocycles.